The summed E-state index contributed by atoms with van der Waals surface area (Å²) < 4.78 is 10.2. The molecule has 10 heteroatoms. The molecule has 4 aromatic rings. The first-order valence-corrected chi connectivity index (χ1v) is 11.9. The lowest BCUT2D eigenvalue weighted by molar-refractivity contribution is 0.0575. The van der Waals surface area contributed by atoms with E-state index in [4.69, 9.17) is 4.74 Å². The molecule has 3 aromatic heterocycles. The second-order valence-corrected chi connectivity index (χ2v) is 10.1. The summed E-state index contributed by atoms with van der Waals surface area (Å²) in [4.78, 5) is 23.9. The van der Waals surface area contributed by atoms with Crippen molar-refractivity contribution in [3.8, 4) is 11.4 Å². The van der Waals surface area contributed by atoms with Gasteiger partial charge in [-0.1, -0.05) is 18.2 Å². The maximum atomic E-state index is 13.4. The number of aromatic nitrogens is 5. The smallest absolute Gasteiger partial charge is 0.416 e. The van der Waals surface area contributed by atoms with Gasteiger partial charge in [-0.05, 0) is 61.9 Å². The standard InChI is InChI=1S/C24H27IN6O3/c1-15-20(25)22-27-18(14-32)12-19(31(22)28-15)30(23(33)34-24(2,3)4)13-16-7-6-8-17(11-16)21-26-9-10-29(21)5/h6-12,32H,13-14H2,1-5H3. The van der Waals surface area contributed by atoms with Crippen LogP contribution < -0.4 is 4.90 Å². The van der Waals surface area contributed by atoms with E-state index >= 15 is 0 Å². The Balaban J connectivity index is 1.83. The summed E-state index contributed by atoms with van der Waals surface area (Å²) in [6.07, 6.45) is 3.12. The molecule has 0 bridgehead atoms. The highest BCUT2D eigenvalue weighted by Crippen LogP contribution is 2.27. The van der Waals surface area contributed by atoms with Gasteiger partial charge in [0.05, 0.1) is 28.1 Å². The molecule has 0 fully saturated rings. The fraction of sp³-hybridized carbons (Fsp3) is 0.333. The molecular weight excluding hydrogens is 547 g/mol. The maximum Gasteiger partial charge on any atom is 0.416 e. The van der Waals surface area contributed by atoms with Gasteiger partial charge < -0.3 is 14.4 Å². The lowest BCUT2D eigenvalue weighted by Crippen LogP contribution is -2.37. The molecule has 0 spiro atoms. The largest absolute Gasteiger partial charge is 0.443 e. The SMILES string of the molecule is Cc1nn2c(N(Cc3cccc(-c4nccn4C)c3)C(=O)OC(C)(C)C)cc(CO)nc2c1I. The Labute approximate surface area is 211 Å². The number of rotatable bonds is 5. The number of fused-ring (bicyclic) bond motifs is 1. The second kappa shape index (κ2) is 9.34. The Bertz CT molecular complexity index is 1350. The molecule has 3 heterocycles. The first-order chi connectivity index (χ1) is 16.1. The van der Waals surface area contributed by atoms with Gasteiger partial charge in [0.2, 0.25) is 0 Å². The molecule has 0 saturated carbocycles. The highest BCUT2D eigenvalue weighted by molar-refractivity contribution is 14.1. The number of benzene rings is 1. The van der Waals surface area contributed by atoms with Gasteiger partial charge in [-0.25, -0.2) is 14.8 Å². The fourth-order valence-electron chi connectivity index (χ4n) is 3.60. The highest BCUT2D eigenvalue weighted by atomic mass is 127. The van der Waals surface area contributed by atoms with Crippen LogP contribution in [0, 0.1) is 10.5 Å². The molecule has 1 aromatic carbocycles. The number of imidazole rings is 1. The number of hydrogen-bond donors (Lipinski definition) is 1. The van der Waals surface area contributed by atoms with Crippen molar-refractivity contribution in [1.82, 2.24) is 24.1 Å². The number of amides is 1. The Hall–Kier alpha value is -2.99. The molecule has 34 heavy (non-hydrogen) atoms. The molecule has 0 aliphatic rings. The van der Waals surface area contributed by atoms with E-state index in [9.17, 15) is 9.90 Å². The Morgan fingerprint density at radius 2 is 2.03 bits per heavy atom. The van der Waals surface area contributed by atoms with Crippen LogP contribution in [0.3, 0.4) is 0 Å². The maximum absolute atomic E-state index is 13.4. The van der Waals surface area contributed by atoms with Crippen LogP contribution in [0.1, 0.15) is 37.7 Å². The number of halogens is 1. The molecule has 0 atom stereocenters. The molecule has 0 aliphatic heterocycles. The van der Waals surface area contributed by atoms with Crippen molar-refractivity contribution in [3.05, 3.63) is 63.2 Å². The summed E-state index contributed by atoms with van der Waals surface area (Å²) in [6, 6.07) is 9.55. The van der Waals surface area contributed by atoms with Gasteiger partial charge in [-0.3, -0.25) is 4.90 Å². The van der Waals surface area contributed by atoms with Crippen LogP contribution in [-0.2, 0) is 24.9 Å². The van der Waals surface area contributed by atoms with E-state index in [1.165, 1.54) is 4.90 Å². The number of aliphatic hydroxyl groups excluding tert-OH is 1. The Kier molecular flexibility index (Phi) is 6.63. The Morgan fingerprint density at radius 1 is 1.26 bits per heavy atom. The van der Waals surface area contributed by atoms with Crippen LogP contribution in [0.15, 0.2) is 42.7 Å². The molecule has 178 valence electrons. The summed E-state index contributed by atoms with van der Waals surface area (Å²) in [5.74, 6) is 1.30. The summed E-state index contributed by atoms with van der Waals surface area (Å²) >= 11 is 2.18. The van der Waals surface area contributed by atoms with Gasteiger partial charge in [0.15, 0.2) is 5.65 Å². The van der Waals surface area contributed by atoms with Crippen LogP contribution in [-0.4, -0.2) is 40.9 Å². The minimum atomic E-state index is -0.690. The van der Waals surface area contributed by atoms with E-state index in [0.29, 0.717) is 17.2 Å². The number of anilines is 1. The van der Waals surface area contributed by atoms with Crippen molar-refractivity contribution >= 4 is 40.1 Å². The number of nitrogens with zero attached hydrogens (tertiary/aromatic N) is 6. The van der Waals surface area contributed by atoms with Crippen LogP contribution in [0.25, 0.3) is 17.0 Å². The van der Waals surface area contributed by atoms with E-state index in [1.54, 1.807) is 16.8 Å². The van der Waals surface area contributed by atoms with Crippen LogP contribution >= 0.6 is 22.6 Å². The summed E-state index contributed by atoms with van der Waals surface area (Å²) in [5, 5.41) is 14.4. The lowest BCUT2D eigenvalue weighted by Gasteiger charge is -2.28. The Morgan fingerprint density at radius 3 is 2.68 bits per heavy atom. The third kappa shape index (κ3) is 4.92. The minimum absolute atomic E-state index is 0.229. The highest BCUT2D eigenvalue weighted by Gasteiger charge is 2.27. The van der Waals surface area contributed by atoms with E-state index in [2.05, 4.69) is 37.7 Å². The minimum Gasteiger partial charge on any atom is -0.443 e. The summed E-state index contributed by atoms with van der Waals surface area (Å²) in [5.41, 5.74) is 2.94. The van der Waals surface area contributed by atoms with Crippen LogP contribution in [0.5, 0.6) is 0 Å². The van der Waals surface area contributed by atoms with Crippen molar-refractivity contribution in [2.75, 3.05) is 4.90 Å². The van der Waals surface area contributed by atoms with Crippen LogP contribution in [0.2, 0.25) is 0 Å². The summed E-state index contributed by atoms with van der Waals surface area (Å²) in [7, 11) is 1.94. The summed E-state index contributed by atoms with van der Waals surface area (Å²) in [6.45, 7) is 7.33. The normalized spacial score (nSPS) is 11.7. The van der Waals surface area contributed by atoms with Crippen molar-refractivity contribution in [3.63, 3.8) is 0 Å². The van der Waals surface area contributed by atoms with Crippen molar-refractivity contribution < 1.29 is 14.6 Å². The van der Waals surface area contributed by atoms with Gasteiger partial charge in [-0.15, -0.1) is 0 Å². The van der Waals surface area contributed by atoms with Gasteiger partial charge >= 0.3 is 6.09 Å². The number of carbonyl (C=O) groups excluding carboxylic acids is 1. The average molecular weight is 574 g/mol. The molecule has 0 radical (unpaired) electrons. The van der Waals surface area contributed by atoms with Gasteiger partial charge in [0.1, 0.15) is 17.2 Å². The predicted octanol–water partition coefficient (Wildman–Crippen LogP) is 4.48. The molecule has 0 saturated heterocycles. The molecule has 4 rings (SSSR count). The van der Waals surface area contributed by atoms with E-state index in [0.717, 1.165) is 26.2 Å². The second-order valence-electron chi connectivity index (χ2n) is 9.03. The molecule has 1 N–H and O–H groups in total. The molecule has 0 aliphatic carbocycles. The first kappa shape index (κ1) is 24.1. The van der Waals surface area contributed by atoms with E-state index in [1.807, 2.05) is 69.8 Å². The number of carbonyl (C=O) groups is 1. The predicted molar refractivity (Wildman–Crippen MR) is 137 cm³/mol. The van der Waals surface area contributed by atoms with E-state index in [-0.39, 0.29) is 13.2 Å². The molecule has 1 amide bonds. The van der Waals surface area contributed by atoms with Crippen molar-refractivity contribution in [2.24, 2.45) is 7.05 Å². The first-order valence-electron chi connectivity index (χ1n) is 10.8. The lowest BCUT2D eigenvalue weighted by atomic mass is 10.1. The van der Waals surface area contributed by atoms with Gasteiger partial charge in [0, 0.05) is 31.1 Å². The van der Waals surface area contributed by atoms with Crippen LogP contribution in [0.4, 0.5) is 10.6 Å². The topological polar surface area (TPSA) is 97.8 Å². The quantitative estimate of drug-likeness (QED) is 0.353. The zero-order valence-electron chi connectivity index (χ0n) is 19.8. The monoisotopic (exact) mass is 574 g/mol. The average Bonchev–Trinajstić information content (AvgIpc) is 3.33. The third-order valence-corrected chi connectivity index (χ3v) is 6.39. The zero-order valence-corrected chi connectivity index (χ0v) is 21.9. The van der Waals surface area contributed by atoms with Crippen molar-refractivity contribution in [2.45, 2.75) is 46.4 Å². The van der Waals surface area contributed by atoms with Gasteiger partial charge in [-0.2, -0.15) is 9.61 Å². The third-order valence-electron chi connectivity index (χ3n) is 5.13. The zero-order chi connectivity index (χ0) is 24.6. The van der Waals surface area contributed by atoms with Crippen molar-refractivity contribution in [1.29, 1.82) is 0 Å². The molecule has 9 nitrogen and oxygen atoms in total. The molecule has 0 unspecified atom stereocenters. The number of aryl methyl sites for hydroxylation is 2. The number of hydrogen-bond acceptors (Lipinski definition) is 6. The number of ether oxygens (including phenoxy) is 1. The van der Waals surface area contributed by atoms with Gasteiger partial charge in [0.25, 0.3) is 0 Å². The number of aliphatic hydroxyl groups is 1. The van der Waals surface area contributed by atoms with E-state index < -0.39 is 11.7 Å². The fourth-order valence-corrected chi connectivity index (χ4v) is 4.05. The molecular formula is C24H27IN6O3.